The van der Waals surface area contributed by atoms with Gasteiger partial charge in [-0.25, -0.2) is 0 Å². The average molecular weight is 220 g/mol. The maximum atomic E-state index is 4.58. The van der Waals surface area contributed by atoms with E-state index in [0.29, 0.717) is 5.69 Å². The fourth-order valence-corrected chi connectivity index (χ4v) is 1.37. The molecule has 0 atom stereocenters. The molecular weight excluding hydrogens is 212 g/mol. The van der Waals surface area contributed by atoms with Gasteiger partial charge < -0.3 is 0 Å². The van der Waals surface area contributed by atoms with Crippen molar-refractivity contribution in [3.63, 3.8) is 0 Å². The van der Waals surface area contributed by atoms with Crippen molar-refractivity contribution in [2.45, 2.75) is 13.3 Å². The fourth-order valence-electron chi connectivity index (χ4n) is 1.18. The standard InChI is InChI=1S/C10H8N2S2/c1-2-8-4-3-5-9(11-6-13)10(8)12-7-14/h3-5H,2H2,1H3. The molecule has 1 aromatic carbocycles. The summed E-state index contributed by atoms with van der Waals surface area (Å²) in [5, 5.41) is 4.66. The van der Waals surface area contributed by atoms with Gasteiger partial charge in [0.1, 0.15) is 11.4 Å². The van der Waals surface area contributed by atoms with Gasteiger partial charge in [0.25, 0.3) is 0 Å². The van der Waals surface area contributed by atoms with E-state index >= 15 is 0 Å². The summed E-state index contributed by atoms with van der Waals surface area (Å²) in [6.45, 7) is 2.04. The maximum Gasteiger partial charge on any atom is 0.104 e. The van der Waals surface area contributed by atoms with Crippen LogP contribution in [0.15, 0.2) is 28.2 Å². The van der Waals surface area contributed by atoms with Gasteiger partial charge in [-0.1, -0.05) is 19.1 Å². The number of nitrogens with zero attached hydrogens (tertiary/aromatic N) is 2. The van der Waals surface area contributed by atoms with Crippen molar-refractivity contribution < 1.29 is 0 Å². The monoisotopic (exact) mass is 220 g/mol. The molecule has 2 nitrogen and oxygen atoms in total. The summed E-state index contributed by atoms with van der Waals surface area (Å²) >= 11 is 9.13. The zero-order chi connectivity index (χ0) is 10.4. The Bertz CT molecular complexity index is 428. The van der Waals surface area contributed by atoms with Gasteiger partial charge in [0.15, 0.2) is 0 Å². The van der Waals surface area contributed by atoms with E-state index in [1.807, 2.05) is 25.1 Å². The molecule has 0 aliphatic carbocycles. The van der Waals surface area contributed by atoms with Gasteiger partial charge >= 0.3 is 0 Å². The molecule has 0 N–H and O–H groups in total. The first-order chi connectivity index (χ1) is 6.83. The van der Waals surface area contributed by atoms with Crippen molar-refractivity contribution in [1.82, 2.24) is 0 Å². The van der Waals surface area contributed by atoms with Gasteiger partial charge in [-0.05, 0) is 42.5 Å². The van der Waals surface area contributed by atoms with Crippen LogP contribution in [0.3, 0.4) is 0 Å². The third kappa shape index (κ3) is 2.41. The summed E-state index contributed by atoms with van der Waals surface area (Å²) in [5.74, 6) is 0. The van der Waals surface area contributed by atoms with Gasteiger partial charge in [-0.3, -0.25) is 0 Å². The topological polar surface area (TPSA) is 24.7 Å². The van der Waals surface area contributed by atoms with Crippen LogP contribution < -0.4 is 0 Å². The van der Waals surface area contributed by atoms with Crippen LogP contribution in [0.2, 0.25) is 0 Å². The summed E-state index contributed by atoms with van der Waals surface area (Å²) < 4.78 is 0. The second-order valence-corrected chi connectivity index (χ2v) is 2.91. The van der Waals surface area contributed by atoms with Gasteiger partial charge in [0, 0.05) is 0 Å². The van der Waals surface area contributed by atoms with Crippen LogP contribution >= 0.6 is 24.4 Å². The second kappa shape index (κ2) is 5.53. The van der Waals surface area contributed by atoms with E-state index in [9.17, 15) is 0 Å². The number of hydrogen-bond donors (Lipinski definition) is 0. The molecule has 1 aromatic rings. The first-order valence-corrected chi connectivity index (χ1v) is 4.92. The van der Waals surface area contributed by atoms with E-state index < -0.39 is 0 Å². The Hall–Kier alpha value is -1.18. The first-order valence-electron chi connectivity index (χ1n) is 4.11. The van der Waals surface area contributed by atoms with Crippen molar-refractivity contribution in [3.8, 4) is 0 Å². The lowest BCUT2D eigenvalue weighted by Gasteiger charge is -2.03. The van der Waals surface area contributed by atoms with Crippen molar-refractivity contribution in [3.05, 3.63) is 23.8 Å². The van der Waals surface area contributed by atoms with Crippen LogP contribution in [0.5, 0.6) is 0 Å². The minimum Gasteiger partial charge on any atom is -0.192 e. The lowest BCUT2D eigenvalue weighted by Crippen LogP contribution is -1.80. The maximum absolute atomic E-state index is 4.58. The highest BCUT2D eigenvalue weighted by Crippen LogP contribution is 2.31. The fraction of sp³-hybridized carbons (Fsp3) is 0.200. The minimum absolute atomic E-state index is 0.691. The molecule has 0 radical (unpaired) electrons. The Labute approximate surface area is 93.4 Å². The van der Waals surface area contributed by atoms with E-state index in [0.717, 1.165) is 17.7 Å². The van der Waals surface area contributed by atoms with Crippen molar-refractivity contribution in [2.75, 3.05) is 0 Å². The number of hydrogen-bond acceptors (Lipinski definition) is 4. The lowest BCUT2D eigenvalue weighted by atomic mass is 10.1. The van der Waals surface area contributed by atoms with E-state index in [-0.39, 0.29) is 0 Å². The van der Waals surface area contributed by atoms with Crippen molar-refractivity contribution in [2.24, 2.45) is 9.98 Å². The molecular formula is C10H8N2S2. The second-order valence-electron chi connectivity index (χ2n) is 2.54. The Morgan fingerprint density at radius 1 is 1.21 bits per heavy atom. The molecule has 0 saturated heterocycles. The number of rotatable bonds is 3. The number of para-hydroxylation sites is 1. The predicted molar refractivity (Wildman–Crippen MR) is 65.2 cm³/mol. The third-order valence-electron chi connectivity index (χ3n) is 1.80. The summed E-state index contributed by atoms with van der Waals surface area (Å²) in [5.41, 5.74) is 2.51. The van der Waals surface area contributed by atoms with Crippen LogP contribution in [0.25, 0.3) is 0 Å². The van der Waals surface area contributed by atoms with Gasteiger partial charge in [-0.2, -0.15) is 9.98 Å². The lowest BCUT2D eigenvalue weighted by molar-refractivity contribution is 1.13. The number of aryl methyl sites for hydroxylation is 1. The Morgan fingerprint density at radius 2 is 1.93 bits per heavy atom. The number of aliphatic imine (C=N–C) groups is 2. The molecule has 70 valence electrons. The van der Waals surface area contributed by atoms with Crippen molar-refractivity contribution in [1.29, 1.82) is 0 Å². The zero-order valence-corrected chi connectivity index (χ0v) is 9.28. The Kier molecular flexibility index (Phi) is 4.30. The zero-order valence-electron chi connectivity index (χ0n) is 7.65. The number of isothiocyanates is 2. The molecule has 4 heteroatoms. The molecule has 0 aliphatic rings. The van der Waals surface area contributed by atoms with Gasteiger partial charge in [0.05, 0.1) is 10.3 Å². The van der Waals surface area contributed by atoms with Crippen molar-refractivity contribution >= 4 is 46.1 Å². The smallest absolute Gasteiger partial charge is 0.104 e. The highest BCUT2D eigenvalue weighted by molar-refractivity contribution is 7.78. The molecule has 14 heavy (non-hydrogen) atoms. The molecule has 0 unspecified atom stereocenters. The van der Waals surface area contributed by atoms with Crippen LogP contribution in [-0.4, -0.2) is 10.3 Å². The molecule has 0 spiro atoms. The molecule has 0 amide bonds. The summed E-state index contributed by atoms with van der Waals surface area (Å²) in [6.07, 6.45) is 0.872. The highest BCUT2D eigenvalue weighted by Gasteiger charge is 2.04. The van der Waals surface area contributed by atoms with E-state index in [2.05, 4.69) is 44.7 Å². The molecule has 0 aliphatic heterocycles. The summed E-state index contributed by atoms with van der Waals surface area (Å²) in [6, 6.07) is 5.71. The van der Waals surface area contributed by atoms with Gasteiger partial charge in [-0.15, -0.1) is 0 Å². The Morgan fingerprint density at radius 3 is 2.50 bits per heavy atom. The Balaban J connectivity index is 3.41. The molecule has 0 fully saturated rings. The minimum atomic E-state index is 0.691. The summed E-state index contributed by atoms with van der Waals surface area (Å²) in [4.78, 5) is 7.90. The quantitative estimate of drug-likeness (QED) is 0.573. The molecule has 1 rings (SSSR count). The molecule has 0 heterocycles. The molecule has 0 bridgehead atoms. The van der Waals surface area contributed by atoms with E-state index in [4.69, 9.17) is 0 Å². The van der Waals surface area contributed by atoms with Crippen LogP contribution in [-0.2, 0) is 6.42 Å². The van der Waals surface area contributed by atoms with Gasteiger partial charge in [0.2, 0.25) is 0 Å². The predicted octanol–water partition coefficient (Wildman–Crippen LogP) is 3.72. The normalized spacial score (nSPS) is 8.64. The van der Waals surface area contributed by atoms with Crippen LogP contribution in [0, 0.1) is 0 Å². The average Bonchev–Trinajstić information content (AvgIpc) is 2.21. The number of thiocarbonyl (C=S) groups is 2. The third-order valence-corrected chi connectivity index (χ3v) is 1.99. The van der Waals surface area contributed by atoms with Crippen LogP contribution in [0.1, 0.15) is 12.5 Å². The largest absolute Gasteiger partial charge is 0.192 e. The summed E-state index contributed by atoms with van der Waals surface area (Å²) in [7, 11) is 0. The van der Waals surface area contributed by atoms with E-state index in [1.165, 1.54) is 0 Å². The SMILES string of the molecule is CCc1cccc(N=C=S)c1N=C=S. The highest BCUT2D eigenvalue weighted by atomic mass is 32.1. The first kappa shape index (κ1) is 10.9. The van der Waals surface area contributed by atoms with Crippen LogP contribution in [0.4, 0.5) is 11.4 Å². The number of benzene rings is 1. The molecule has 0 saturated carbocycles. The molecule has 0 aromatic heterocycles. The van der Waals surface area contributed by atoms with E-state index in [1.54, 1.807) is 0 Å².